The van der Waals surface area contributed by atoms with Gasteiger partial charge in [-0.1, -0.05) is 0 Å². The quantitative estimate of drug-likeness (QED) is 0.760. The number of nitrogens with one attached hydrogen (secondary N) is 1. The molecule has 1 amide bonds. The minimum atomic E-state index is -0.180. The molecular weight excluding hydrogens is 292 g/mol. The van der Waals surface area contributed by atoms with Crippen molar-refractivity contribution in [1.29, 1.82) is 0 Å². The van der Waals surface area contributed by atoms with Crippen molar-refractivity contribution < 1.29 is 14.3 Å². The zero-order chi connectivity index (χ0) is 15.1. The molecule has 2 heterocycles. The molecule has 2 rings (SSSR count). The van der Waals surface area contributed by atoms with Crippen molar-refractivity contribution in [2.75, 3.05) is 51.7 Å². The molecule has 1 saturated heterocycles. The number of rotatable bonds is 6. The van der Waals surface area contributed by atoms with Gasteiger partial charge in [0.05, 0.1) is 20.1 Å². The van der Waals surface area contributed by atoms with Crippen molar-refractivity contribution in [3.05, 3.63) is 11.6 Å². The van der Waals surface area contributed by atoms with Crippen LogP contribution in [0.25, 0.3) is 0 Å². The summed E-state index contributed by atoms with van der Waals surface area (Å²) in [7, 11) is 1.40. The van der Waals surface area contributed by atoms with Crippen LogP contribution in [0.4, 0.5) is 5.13 Å². The maximum Gasteiger partial charge on any atom is 0.306 e. The lowest BCUT2D eigenvalue weighted by Crippen LogP contribution is -2.49. The monoisotopic (exact) mass is 312 g/mol. The third-order valence-electron chi connectivity index (χ3n) is 3.37. The highest BCUT2D eigenvalue weighted by molar-refractivity contribution is 7.13. The second kappa shape index (κ2) is 8.06. The molecule has 0 bridgehead atoms. The number of hydrogen-bond acceptors (Lipinski definition) is 7. The Kier molecular flexibility index (Phi) is 6.09. The summed E-state index contributed by atoms with van der Waals surface area (Å²) in [6, 6.07) is 0. The fraction of sp³-hybridized carbons (Fsp3) is 0.615. The Morgan fingerprint density at radius 2 is 2.05 bits per heavy atom. The minimum absolute atomic E-state index is 0.0343. The molecule has 0 spiro atoms. The average molecular weight is 312 g/mol. The van der Waals surface area contributed by atoms with Gasteiger partial charge in [0, 0.05) is 44.3 Å². The molecule has 1 aromatic heterocycles. The standard InChI is InChI=1S/C13H20N4O3S/c1-20-12(19)2-4-16-5-7-17(8-6-16)10-11(18)15-13-14-3-9-21-13/h3,9H,2,4-8,10H2,1H3,(H,14,15,18). The molecule has 0 radical (unpaired) electrons. The van der Waals surface area contributed by atoms with Gasteiger partial charge in [-0.05, 0) is 0 Å². The number of piperazine rings is 1. The van der Waals surface area contributed by atoms with Gasteiger partial charge in [0.15, 0.2) is 5.13 Å². The molecule has 7 nitrogen and oxygen atoms in total. The van der Waals surface area contributed by atoms with E-state index in [1.54, 1.807) is 6.20 Å². The highest BCUT2D eigenvalue weighted by atomic mass is 32.1. The number of anilines is 1. The predicted molar refractivity (Wildman–Crippen MR) is 80.3 cm³/mol. The summed E-state index contributed by atoms with van der Waals surface area (Å²) in [6.45, 7) is 4.47. The number of aromatic nitrogens is 1. The van der Waals surface area contributed by atoms with Crippen LogP contribution in [0.2, 0.25) is 0 Å². The summed E-state index contributed by atoms with van der Waals surface area (Å²) in [5.74, 6) is -0.215. The Labute approximate surface area is 127 Å². The topological polar surface area (TPSA) is 74.8 Å². The first kappa shape index (κ1) is 15.9. The average Bonchev–Trinajstić information content (AvgIpc) is 2.99. The van der Waals surface area contributed by atoms with E-state index in [0.717, 1.165) is 26.2 Å². The smallest absolute Gasteiger partial charge is 0.306 e. The van der Waals surface area contributed by atoms with Gasteiger partial charge < -0.3 is 15.0 Å². The molecule has 1 aliphatic heterocycles. The summed E-state index contributed by atoms with van der Waals surface area (Å²) in [5.41, 5.74) is 0. The van der Waals surface area contributed by atoms with Crippen LogP contribution in [0.5, 0.6) is 0 Å². The highest BCUT2D eigenvalue weighted by Crippen LogP contribution is 2.10. The Bertz CT molecular complexity index is 458. The molecular formula is C13H20N4O3S. The third-order valence-corrected chi connectivity index (χ3v) is 4.06. The molecule has 1 N–H and O–H groups in total. The van der Waals surface area contributed by atoms with Gasteiger partial charge in [0.2, 0.25) is 5.91 Å². The number of carbonyl (C=O) groups excluding carboxylic acids is 2. The van der Waals surface area contributed by atoms with Crippen molar-refractivity contribution in [3.8, 4) is 0 Å². The van der Waals surface area contributed by atoms with E-state index in [9.17, 15) is 9.59 Å². The maximum atomic E-state index is 11.9. The lowest BCUT2D eigenvalue weighted by atomic mass is 10.3. The zero-order valence-corrected chi connectivity index (χ0v) is 12.9. The summed E-state index contributed by atoms with van der Waals surface area (Å²) < 4.78 is 4.63. The van der Waals surface area contributed by atoms with Crippen molar-refractivity contribution >= 4 is 28.3 Å². The zero-order valence-electron chi connectivity index (χ0n) is 12.1. The Morgan fingerprint density at radius 1 is 1.33 bits per heavy atom. The number of ether oxygens (including phenoxy) is 1. The molecule has 8 heteroatoms. The molecule has 0 saturated carbocycles. The van der Waals surface area contributed by atoms with Crippen molar-refractivity contribution in [2.24, 2.45) is 0 Å². The first-order valence-electron chi connectivity index (χ1n) is 6.88. The van der Waals surface area contributed by atoms with Crippen LogP contribution < -0.4 is 5.32 Å². The molecule has 0 atom stereocenters. The van der Waals surface area contributed by atoms with Gasteiger partial charge in [-0.15, -0.1) is 11.3 Å². The summed E-state index contributed by atoms with van der Waals surface area (Å²) in [5, 5.41) is 5.25. The molecule has 1 aromatic rings. The first-order valence-corrected chi connectivity index (χ1v) is 7.76. The number of carbonyl (C=O) groups is 2. The highest BCUT2D eigenvalue weighted by Gasteiger charge is 2.19. The molecule has 21 heavy (non-hydrogen) atoms. The molecule has 1 fully saturated rings. The largest absolute Gasteiger partial charge is 0.469 e. The van der Waals surface area contributed by atoms with E-state index >= 15 is 0 Å². The van der Waals surface area contributed by atoms with E-state index < -0.39 is 0 Å². The normalized spacial score (nSPS) is 16.6. The third kappa shape index (κ3) is 5.41. The van der Waals surface area contributed by atoms with Crippen LogP contribution >= 0.6 is 11.3 Å². The van der Waals surface area contributed by atoms with Gasteiger partial charge in [-0.3, -0.25) is 14.5 Å². The van der Waals surface area contributed by atoms with E-state index in [0.29, 0.717) is 24.6 Å². The number of thiazole rings is 1. The fourth-order valence-electron chi connectivity index (χ4n) is 2.17. The summed E-state index contributed by atoms with van der Waals surface area (Å²) >= 11 is 1.41. The van der Waals surface area contributed by atoms with E-state index in [-0.39, 0.29) is 11.9 Å². The predicted octanol–water partition coefficient (Wildman–Crippen LogP) is 0.262. The molecule has 116 valence electrons. The van der Waals surface area contributed by atoms with Crippen molar-refractivity contribution in [3.63, 3.8) is 0 Å². The second-order valence-electron chi connectivity index (χ2n) is 4.83. The summed E-state index contributed by atoms with van der Waals surface area (Å²) in [6.07, 6.45) is 2.08. The molecule has 0 aliphatic carbocycles. The second-order valence-corrected chi connectivity index (χ2v) is 5.72. The number of methoxy groups -OCH3 is 1. The molecule has 1 aliphatic rings. The number of hydrogen-bond donors (Lipinski definition) is 1. The fourth-order valence-corrected chi connectivity index (χ4v) is 2.71. The number of nitrogens with zero attached hydrogens (tertiary/aromatic N) is 3. The Hall–Kier alpha value is -1.51. The molecule has 0 aromatic carbocycles. The van der Waals surface area contributed by atoms with E-state index in [1.165, 1.54) is 18.4 Å². The van der Waals surface area contributed by atoms with E-state index in [4.69, 9.17) is 0 Å². The lowest BCUT2D eigenvalue weighted by molar-refractivity contribution is -0.141. The van der Waals surface area contributed by atoms with E-state index in [1.807, 2.05) is 5.38 Å². The number of esters is 1. The van der Waals surface area contributed by atoms with Crippen molar-refractivity contribution in [2.45, 2.75) is 6.42 Å². The van der Waals surface area contributed by atoms with Crippen LogP contribution in [-0.2, 0) is 14.3 Å². The first-order chi connectivity index (χ1) is 10.2. The van der Waals surface area contributed by atoms with Gasteiger partial charge in [-0.2, -0.15) is 0 Å². The van der Waals surface area contributed by atoms with Crippen LogP contribution in [0.3, 0.4) is 0 Å². The molecule has 0 unspecified atom stereocenters. The van der Waals surface area contributed by atoms with Gasteiger partial charge >= 0.3 is 5.97 Å². The van der Waals surface area contributed by atoms with Crippen LogP contribution in [0, 0.1) is 0 Å². The van der Waals surface area contributed by atoms with Crippen LogP contribution in [0.15, 0.2) is 11.6 Å². The summed E-state index contributed by atoms with van der Waals surface area (Å²) in [4.78, 5) is 31.3. The lowest BCUT2D eigenvalue weighted by Gasteiger charge is -2.33. The Balaban J connectivity index is 1.64. The minimum Gasteiger partial charge on any atom is -0.469 e. The van der Waals surface area contributed by atoms with Crippen LogP contribution in [0.1, 0.15) is 6.42 Å². The van der Waals surface area contributed by atoms with Gasteiger partial charge in [-0.25, -0.2) is 4.98 Å². The van der Waals surface area contributed by atoms with Crippen molar-refractivity contribution in [1.82, 2.24) is 14.8 Å². The van der Waals surface area contributed by atoms with Gasteiger partial charge in [0.1, 0.15) is 0 Å². The van der Waals surface area contributed by atoms with Crippen LogP contribution in [-0.4, -0.2) is 73.0 Å². The Morgan fingerprint density at radius 3 is 2.67 bits per heavy atom. The van der Waals surface area contributed by atoms with Gasteiger partial charge in [0.25, 0.3) is 0 Å². The maximum absolute atomic E-state index is 11.9. The van der Waals surface area contributed by atoms with E-state index in [2.05, 4.69) is 24.8 Å². The SMILES string of the molecule is COC(=O)CCN1CCN(CC(=O)Nc2nccs2)CC1. The number of amides is 1.